The lowest BCUT2D eigenvalue weighted by molar-refractivity contribution is 0.462. The van der Waals surface area contributed by atoms with E-state index in [1.54, 1.807) is 0 Å². The summed E-state index contributed by atoms with van der Waals surface area (Å²) in [6, 6.07) is 9.21. The van der Waals surface area contributed by atoms with Crippen molar-refractivity contribution in [3.8, 4) is 0 Å². The molecule has 0 saturated heterocycles. The number of likely N-dealkylation sites (N-methyl/N-ethyl adjacent to an activating group) is 1. The summed E-state index contributed by atoms with van der Waals surface area (Å²) < 4.78 is 0. The van der Waals surface area contributed by atoms with Crippen LogP contribution in [0.3, 0.4) is 0 Å². The molecule has 1 aromatic rings. The van der Waals surface area contributed by atoms with Crippen molar-refractivity contribution in [2.45, 2.75) is 19.4 Å². The SMILES string of the molecule is CC(CN)C1Cc2ccccc2N1C. The van der Waals surface area contributed by atoms with Crippen molar-refractivity contribution in [1.82, 2.24) is 0 Å². The first kappa shape index (κ1) is 9.53. The predicted molar refractivity (Wildman–Crippen MR) is 60.6 cm³/mol. The molecule has 1 aromatic carbocycles. The van der Waals surface area contributed by atoms with E-state index >= 15 is 0 Å². The largest absolute Gasteiger partial charge is 0.371 e. The highest BCUT2D eigenvalue weighted by molar-refractivity contribution is 5.58. The molecule has 2 atom stereocenters. The van der Waals surface area contributed by atoms with Crippen molar-refractivity contribution in [1.29, 1.82) is 0 Å². The Labute approximate surface area is 85.7 Å². The molecule has 2 rings (SSSR count). The zero-order valence-electron chi connectivity index (χ0n) is 8.90. The molecule has 0 amide bonds. The summed E-state index contributed by atoms with van der Waals surface area (Å²) in [5.41, 5.74) is 8.55. The van der Waals surface area contributed by atoms with E-state index in [-0.39, 0.29) is 0 Å². The highest BCUT2D eigenvalue weighted by Gasteiger charge is 2.29. The summed E-state index contributed by atoms with van der Waals surface area (Å²) in [6.07, 6.45) is 1.14. The van der Waals surface area contributed by atoms with Gasteiger partial charge in [0, 0.05) is 18.8 Å². The van der Waals surface area contributed by atoms with Gasteiger partial charge in [-0.1, -0.05) is 25.1 Å². The Morgan fingerprint density at radius 3 is 2.86 bits per heavy atom. The highest BCUT2D eigenvalue weighted by atomic mass is 15.2. The highest BCUT2D eigenvalue weighted by Crippen LogP contribution is 2.33. The van der Waals surface area contributed by atoms with Crippen LogP contribution in [0.4, 0.5) is 5.69 Å². The first-order valence-corrected chi connectivity index (χ1v) is 5.25. The minimum atomic E-state index is 0.562. The van der Waals surface area contributed by atoms with Crippen molar-refractivity contribution < 1.29 is 0 Å². The topological polar surface area (TPSA) is 29.3 Å². The zero-order valence-corrected chi connectivity index (χ0v) is 8.90. The van der Waals surface area contributed by atoms with Gasteiger partial charge in [0.05, 0.1) is 0 Å². The lowest BCUT2D eigenvalue weighted by atomic mass is 9.98. The molecule has 1 aliphatic heterocycles. The summed E-state index contributed by atoms with van der Waals surface area (Å²) in [4.78, 5) is 2.37. The van der Waals surface area contributed by atoms with Crippen molar-refractivity contribution in [3.63, 3.8) is 0 Å². The Bertz CT molecular complexity index is 322. The van der Waals surface area contributed by atoms with Gasteiger partial charge in [-0.25, -0.2) is 0 Å². The van der Waals surface area contributed by atoms with Crippen LogP contribution in [0.25, 0.3) is 0 Å². The van der Waals surface area contributed by atoms with E-state index in [2.05, 4.69) is 43.1 Å². The molecule has 2 N–H and O–H groups in total. The zero-order chi connectivity index (χ0) is 10.1. The smallest absolute Gasteiger partial charge is 0.0399 e. The van der Waals surface area contributed by atoms with Gasteiger partial charge < -0.3 is 10.6 Å². The fraction of sp³-hybridized carbons (Fsp3) is 0.500. The number of hydrogen-bond acceptors (Lipinski definition) is 2. The average Bonchev–Trinajstić information content (AvgIpc) is 2.56. The fourth-order valence-corrected chi connectivity index (χ4v) is 2.31. The van der Waals surface area contributed by atoms with Gasteiger partial charge in [-0.05, 0) is 30.5 Å². The van der Waals surface area contributed by atoms with Crippen LogP contribution < -0.4 is 10.6 Å². The number of para-hydroxylation sites is 1. The first-order valence-electron chi connectivity index (χ1n) is 5.25. The van der Waals surface area contributed by atoms with Crippen LogP contribution in [0.2, 0.25) is 0 Å². The lowest BCUT2D eigenvalue weighted by Crippen LogP contribution is -2.37. The molecule has 2 heteroatoms. The van der Waals surface area contributed by atoms with Crippen molar-refractivity contribution in [2.75, 3.05) is 18.5 Å². The molecule has 1 aliphatic rings. The third kappa shape index (κ3) is 1.40. The maximum Gasteiger partial charge on any atom is 0.0399 e. The standard InChI is InChI=1S/C12H18N2/c1-9(8-13)12-7-10-5-3-4-6-11(10)14(12)2/h3-6,9,12H,7-8,13H2,1-2H3. The first-order chi connectivity index (χ1) is 6.74. The van der Waals surface area contributed by atoms with Gasteiger partial charge in [0.15, 0.2) is 0 Å². The molecule has 0 fully saturated rings. The number of fused-ring (bicyclic) bond motifs is 1. The van der Waals surface area contributed by atoms with Crippen LogP contribution >= 0.6 is 0 Å². The third-order valence-electron chi connectivity index (χ3n) is 3.33. The minimum absolute atomic E-state index is 0.562. The Morgan fingerprint density at radius 2 is 2.21 bits per heavy atom. The Balaban J connectivity index is 2.25. The van der Waals surface area contributed by atoms with Crippen molar-refractivity contribution in [2.24, 2.45) is 11.7 Å². The van der Waals surface area contributed by atoms with E-state index in [0.29, 0.717) is 12.0 Å². The molecule has 0 saturated carbocycles. The van der Waals surface area contributed by atoms with Gasteiger partial charge in [-0.2, -0.15) is 0 Å². The number of hydrogen-bond donors (Lipinski definition) is 1. The molecule has 2 unspecified atom stereocenters. The maximum absolute atomic E-state index is 5.72. The van der Waals surface area contributed by atoms with Gasteiger partial charge in [-0.3, -0.25) is 0 Å². The molecule has 0 aromatic heterocycles. The Morgan fingerprint density at radius 1 is 1.50 bits per heavy atom. The Hall–Kier alpha value is -1.02. The van der Waals surface area contributed by atoms with Gasteiger partial charge in [0.25, 0.3) is 0 Å². The third-order valence-corrected chi connectivity index (χ3v) is 3.33. The quantitative estimate of drug-likeness (QED) is 0.768. The lowest BCUT2D eigenvalue weighted by Gasteiger charge is -2.27. The van der Waals surface area contributed by atoms with Crippen LogP contribution in [0.1, 0.15) is 12.5 Å². The van der Waals surface area contributed by atoms with Gasteiger partial charge in [0.2, 0.25) is 0 Å². The number of nitrogens with zero attached hydrogens (tertiary/aromatic N) is 1. The Kier molecular flexibility index (Phi) is 2.46. The van der Waals surface area contributed by atoms with E-state index in [9.17, 15) is 0 Å². The number of anilines is 1. The maximum atomic E-state index is 5.72. The second-order valence-corrected chi connectivity index (χ2v) is 4.22. The summed E-state index contributed by atoms with van der Waals surface area (Å²) in [7, 11) is 2.17. The van der Waals surface area contributed by atoms with Gasteiger partial charge in [0.1, 0.15) is 0 Å². The van der Waals surface area contributed by atoms with E-state index in [0.717, 1.165) is 13.0 Å². The molecule has 0 bridgehead atoms. The van der Waals surface area contributed by atoms with Crippen LogP contribution in [-0.2, 0) is 6.42 Å². The molecule has 76 valence electrons. The van der Waals surface area contributed by atoms with Crippen LogP contribution in [0.5, 0.6) is 0 Å². The minimum Gasteiger partial charge on any atom is -0.371 e. The fourth-order valence-electron chi connectivity index (χ4n) is 2.31. The molecular weight excluding hydrogens is 172 g/mol. The molecule has 14 heavy (non-hydrogen) atoms. The van der Waals surface area contributed by atoms with Gasteiger partial charge in [-0.15, -0.1) is 0 Å². The summed E-state index contributed by atoms with van der Waals surface area (Å²) >= 11 is 0. The second kappa shape index (κ2) is 3.62. The molecule has 0 radical (unpaired) electrons. The molecule has 0 aliphatic carbocycles. The summed E-state index contributed by atoms with van der Waals surface area (Å²) in [6.45, 7) is 3.00. The monoisotopic (exact) mass is 190 g/mol. The number of rotatable bonds is 2. The van der Waals surface area contributed by atoms with E-state index < -0.39 is 0 Å². The van der Waals surface area contributed by atoms with Crippen LogP contribution in [0, 0.1) is 5.92 Å². The van der Waals surface area contributed by atoms with Crippen LogP contribution in [-0.4, -0.2) is 19.6 Å². The molecule has 0 spiro atoms. The van der Waals surface area contributed by atoms with E-state index in [1.165, 1.54) is 11.3 Å². The normalized spacial score (nSPS) is 22.2. The number of nitrogens with two attached hydrogens (primary N) is 1. The van der Waals surface area contributed by atoms with Crippen molar-refractivity contribution >= 4 is 5.69 Å². The summed E-state index contributed by atoms with van der Waals surface area (Å²) in [5, 5.41) is 0. The molecular formula is C12H18N2. The second-order valence-electron chi connectivity index (χ2n) is 4.22. The van der Waals surface area contributed by atoms with Crippen LogP contribution in [0.15, 0.2) is 24.3 Å². The number of benzene rings is 1. The molecule has 1 heterocycles. The average molecular weight is 190 g/mol. The van der Waals surface area contributed by atoms with Crippen molar-refractivity contribution in [3.05, 3.63) is 29.8 Å². The van der Waals surface area contributed by atoms with E-state index in [1.807, 2.05) is 0 Å². The molecule has 2 nitrogen and oxygen atoms in total. The predicted octanol–water partition coefficient (Wildman–Crippen LogP) is 1.64. The summed E-state index contributed by atoms with van der Waals surface area (Å²) in [5.74, 6) is 0.562. The van der Waals surface area contributed by atoms with E-state index in [4.69, 9.17) is 5.73 Å². The van der Waals surface area contributed by atoms with Gasteiger partial charge >= 0.3 is 0 Å².